The molecule has 0 aliphatic heterocycles. The molecule has 0 saturated carbocycles. The fourth-order valence-corrected chi connectivity index (χ4v) is 3.40. The highest BCUT2D eigenvalue weighted by Crippen LogP contribution is 2.26. The minimum Gasteiger partial charge on any atom is -0.312 e. The average Bonchev–Trinajstić information content (AvgIpc) is 2.58. The maximum atomic E-state index is 12.6. The van der Waals surface area contributed by atoms with Crippen LogP contribution in [-0.2, 0) is 26.4 Å². The Morgan fingerprint density at radius 3 is 2.65 bits per heavy atom. The molecule has 3 rings (SSSR count). The third-order valence-corrected chi connectivity index (χ3v) is 4.77. The molecule has 122 valence electrons. The molecule has 2 aromatic rings. The van der Waals surface area contributed by atoms with Crippen LogP contribution in [0.2, 0.25) is 0 Å². The van der Waals surface area contributed by atoms with Crippen LogP contribution in [-0.4, -0.2) is 11.1 Å². The molecule has 1 aliphatic carbocycles. The van der Waals surface area contributed by atoms with Gasteiger partial charge in [-0.3, -0.25) is 4.79 Å². The van der Waals surface area contributed by atoms with Gasteiger partial charge >= 0.3 is 0 Å². The molecule has 0 amide bonds. The first kappa shape index (κ1) is 16.0. The van der Waals surface area contributed by atoms with Crippen molar-refractivity contribution in [1.82, 2.24) is 9.88 Å². The lowest BCUT2D eigenvalue weighted by Gasteiger charge is -2.18. The van der Waals surface area contributed by atoms with Crippen molar-refractivity contribution in [2.24, 2.45) is 7.05 Å². The summed E-state index contributed by atoms with van der Waals surface area (Å²) in [6.45, 7) is 3.71. The molecule has 3 heteroatoms. The number of hydrogen-bond donors (Lipinski definition) is 1. The lowest BCUT2D eigenvalue weighted by molar-refractivity contribution is 0.664. The van der Waals surface area contributed by atoms with Gasteiger partial charge in [-0.15, -0.1) is 0 Å². The summed E-state index contributed by atoms with van der Waals surface area (Å²) in [7, 11) is 1.88. The van der Waals surface area contributed by atoms with E-state index in [1.807, 2.05) is 13.1 Å². The van der Waals surface area contributed by atoms with Crippen LogP contribution in [0.3, 0.4) is 0 Å². The van der Waals surface area contributed by atoms with Crippen molar-refractivity contribution in [3.05, 3.63) is 57.4 Å². The van der Waals surface area contributed by atoms with Crippen molar-refractivity contribution in [3.8, 4) is 11.3 Å². The Balaban J connectivity index is 1.91. The van der Waals surface area contributed by atoms with Gasteiger partial charge in [-0.05, 0) is 67.5 Å². The first-order valence-corrected chi connectivity index (χ1v) is 8.72. The van der Waals surface area contributed by atoms with E-state index in [9.17, 15) is 4.79 Å². The zero-order valence-corrected chi connectivity index (χ0v) is 14.2. The lowest BCUT2D eigenvalue weighted by atomic mass is 9.90. The summed E-state index contributed by atoms with van der Waals surface area (Å²) in [6.07, 6.45) is 6.00. The van der Waals surface area contributed by atoms with Crippen molar-refractivity contribution in [1.29, 1.82) is 0 Å². The number of fused-ring (bicyclic) bond motifs is 1. The molecule has 1 aliphatic rings. The molecule has 1 N–H and O–H groups in total. The Labute approximate surface area is 138 Å². The quantitative estimate of drug-likeness (QED) is 0.859. The maximum Gasteiger partial charge on any atom is 0.255 e. The van der Waals surface area contributed by atoms with Crippen LogP contribution in [0.15, 0.2) is 35.1 Å². The van der Waals surface area contributed by atoms with E-state index in [1.54, 1.807) is 4.57 Å². The number of benzene rings is 1. The first-order chi connectivity index (χ1) is 11.2. The normalized spacial score (nSPS) is 13.8. The third kappa shape index (κ3) is 3.40. The van der Waals surface area contributed by atoms with Gasteiger partial charge in [0, 0.05) is 19.2 Å². The maximum absolute atomic E-state index is 12.6. The van der Waals surface area contributed by atoms with Crippen molar-refractivity contribution in [2.45, 2.75) is 45.6 Å². The molecule has 1 heterocycles. The third-order valence-electron chi connectivity index (χ3n) is 4.77. The molecule has 0 radical (unpaired) electrons. The molecular weight excluding hydrogens is 284 g/mol. The van der Waals surface area contributed by atoms with Gasteiger partial charge in [0.15, 0.2) is 0 Å². The number of aryl methyl sites for hydroxylation is 2. The predicted octanol–water partition coefficient (Wildman–Crippen LogP) is 3.43. The Bertz CT molecular complexity index is 746. The van der Waals surface area contributed by atoms with Gasteiger partial charge in [0.25, 0.3) is 5.56 Å². The Morgan fingerprint density at radius 2 is 1.87 bits per heavy atom. The minimum atomic E-state index is 0.101. The molecule has 0 spiro atoms. The van der Waals surface area contributed by atoms with Crippen LogP contribution in [0.4, 0.5) is 0 Å². The van der Waals surface area contributed by atoms with E-state index in [0.717, 1.165) is 36.2 Å². The highest BCUT2D eigenvalue weighted by Gasteiger charge is 2.12. The van der Waals surface area contributed by atoms with Gasteiger partial charge in [-0.1, -0.05) is 25.1 Å². The second-order valence-electron chi connectivity index (χ2n) is 6.48. The molecule has 3 nitrogen and oxygen atoms in total. The summed E-state index contributed by atoms with van der Waals surface area (Å²) in [6, 6.07) is 10.7. The van der Waals surface area contributed by atoms with Gasteiger partial charge in [0.05, 0.1) is 5.69 Å². The lowest BCUT2D eigenvalue weighted by Crippen LogP contribution is -2.26. The molecule has 1 aromatic carbocycles. The fourth-order valence-electron chi connectivity index (χ4n) is 3.40. The zero-order valence-electron chi connectivity index (χ0n) is 14.2. The molecular formula is C20H26N2O. The van der Waals surface area contributed by atoms with Gasteiger partial charge in [0.2, 0.25) is 0 Å². The van der Waals surface area contributed by atoms with Gasteiger partial charge in [-0.25, -0.2) is 0 Å². The number of hydrogen-bond acceptors (Lipinski definition) is 2. The van der Waals surface area contributed by atoms with E-state index in [4.69, 9.17) is 0 Å². The van der Waals surface area contributed by atoms with Crippen LogP contribution < -0.4 is 10.9 Å². The van der Waals surface area contributed by atoms with Crippen LogP contribution in [0.25, 0.3) is 11.3 Å². The largest absolute Gasteiger partial charge is 0.312 e. The Hall–Kier alpha value is -1.87. The second kappa shape index (κ2) is 7.14. The van der Waals surface area contributed by atoms with Gasteiger partial charge in [-0.2, -0.15) is 0 Å². The van der Waals surface area contributed by atoms with E-state index in [2.05, 4.69) is 36.5 Å². The Kier molecular flexibility index (Phi) is 4.97. The van der Waals surface area contributed by atoms with Crippen molar-refractivity contribution < 1.29 is 0 Å². The van der Waals surface area contributed by atoms with Crippen molar-refractivity contribution in [2.75, 3.05) is 6.54 Å². The monoisotopic (exact) mass is 310 g/mol. The van der Waals surface area contributed by atoms with E-state index >= 15 is 0 Å². The van der Waals surface area contributed by atoms with Crippen LogP contribution in [0.5, 0.6) is 0 Å². The zero-order chi connectivity index (χ0) is 16.2. The summed E-state index contributed by atoms with van der Waals surface area (Å²) in [5, 5.41) is 3.31. The summed E-state index contributed by atoms with van der Waals surface area (Å²) in [5.41, 5.74) is 6.02. The minimum absolute atomic E-state index is 0.101. The van der Waals surface area contributed by atoms with E-state index in [0.29, 0.717) is 6.54 Å². The standard InChI is InChI=1S/C20H26N2O/c1-3-12-21-14-18-10-11-19(22(2)20(18)23)17-9-8-15-6-4-5-7-16(15)13-17/h8-11,13,21H,3-7,12,14H2,1-2H3. The van der Waals surface area contributed by atoms with Crippen LogP contribution in [0, 0.1) is 0 Å². The topological polar surface area (TPSA) is 34.0 Å². The first-order valence-electron chi connectivity index (χ1n) is 8.72. The predicted molar refractivity (Wildman–Crippen MR) is 95.8 cm³/mol. The highest BCUT2D eigenvalue weighted by molar-refractivity contribution is 5.62. The number of pyridine rings is 1. The number of nitrogens with one attached hydrogen (secondary N) is 1. The highest BCUT2D eigenvalue weighted by atomic mass is 16.1. The summed E-state index contributed by atoms with van der Waals surface area (Å²) >= 11 is 0. The smallest absolute Gasteiger partial charge is 0.255 e. The molecule has 0 saturated heterocycles. The Morgan fingerprint density at radius 1 is 1.09 bits per heavy atom. The van der Waals surface area contributed by atoms with E-state index in [-0.39, 0.29) is 5.56 Å². The average molecular weight is 310 g/mol. The second-order valence-corrected chi connectivity index (χ2v) is 6.48. The molecule has 0 bridgehead atoms. The molecule has 0 unspecified atom stereocenters. The van der Waals surface area contributed by atoms with Gasteiger partial charge in [0.1, 0.15) is 0 Å². The molecule has 23 heavy (non-hydrogen) atoms. The summed E-state index contributed by atoms with van der Waals surface area (Å²) in [5.74, 6) is 0. The summed E-state index contributed by atoms with van der Waals surface area (Å²) < 4.78 is 1.79. The van der Waals surface area contributed by atoms with Crippen LogP contribution >= 0.6 is 0 Å². The van der Waals surface area contributed by atoms with Crippen LogP contribution in [0.1, 0.15) is 42.9 Å². The number of rotatable bonds is 5. The summed E-state index contributed by atoms with van der Waals surface area (Å²) in [4.78, 5) is 12.6. The van der Waals surface area contributed by atoms with Crippen molar-refractivity contribution in [3.63, 3.8) is 0 Å². The SMILES string of the molecule is CCCNCc1ccc(-c2ccc3c(c2)CCCC3)n(C)c1=O. The fraction of sp³-hybridized carbons (Fsp3) is 0.450. The molecule has 1 aromatic heterocycles. The molecule has 0 fully saturated rings. The molecule has 0 atom stereocenters. The van der Waals surface area contributed by atoms with Crippen molar-refractivity contribution >= 4 is 0 Å². The van der Waals surface area contributed by atoms with Gasteiger partial charge < -0.3 is 9.88 Å². The number of nitrogens with zero attached hydrogens (tertiary/aromatic N) is 1. The van der Waals surface area contributed by atoms with E-state index < -0.39 is 0 Å². The number of aromatic nitrogens is 1. The van der Waals surface area contributed by atoms with E-state index in [1.165, 1.54) is 30.4 Å².